The first-order chi connectivity index (χ1) is 11.1. The lowest BCUT2D eigenvalue weighted by molar-refractivity contribution is -0.113. The molecule has 7 heteroatoms. The van der Waals surface area contributed by atoms with Crippen LogP contribution in [0.4, 0.5) is 5.69 Å². The average Bonchev–Trinajstić information content (AvgIpc) is 3.19. The Kier molecular flexibility index (Phi) is 4.78. The Morgan fingerprint density at radius 3 is 3.00 bits per heavy atom. The van der Waals surface area contributed by atoms with E-state index >= 15 is 0 Å². The minimum absolute atomic E-state index is 0.0637. The number of anilines is 1. The quantitative estimate of drug-likeness (QED) is 0.689. The summed E-state index contributed by atoms with van der Waals surface area (Å²) in [5.74, 6) is 0.943. The van der Waals surface area contributed by atoms with E-state index in [0.29, 0.717) is 5.16 Å². The summed E-state index contributed by atoms with van der Waals surface area (Å²) in [6.07, 6.45) is 0. The van der Waals surface area contributed by atoms with Gasteiger partial charge < -0.3 is 5.32 Å². The number of benzene rings is 1. The molecule has 0 fully saturated rings. The summed E-state index contributed by atoms with van der Waals surface area (Å²) in [4.78, 5) is 17.5. The van der Waals surface area contributed by atoms with Gasteiger partial charge in [-0.25, -0.2) is 4.98 Å². The van der Waals surface area contributed by atoms with E-state index in [-0.39, 0.29) is 11.7 Å². The number of aromatic nitrogens is 3. The van der Waals surface area contributed by atoms with Crippen molar-refractivity contribution in [1.29, 1.82) is 0 Å². The van der Waals surface area contributed by atoms with Gasteiger partial charge in [0.2, 0.25) is 11.1 Å². The van der Waals surface area contributed by atoms with Gasteiger partial charge in [-0.15, -0.1) is 16.4 Å². The monoisotopic (exact) mass is 344 g/mol. The minimum Gasteiger partial charge on any atom is -0.325 e. The molecule has 0 aliphatic rings. The normalized spacial score (nSPS) is 10.7. The van der Waals surface area contributed by atoms with Crippen LogP contribution in [0.3, 0.4) is 0 Å². The first kappa shape index (κ1) is 15.8. The predicted octanol–water partition coefficient (Wildman–Crippen LogP) is 3.88. The molecule has 1 amide bonds. The summed E-state index contributed by atoms with van der Waals surface area (Å²) in [6, 6.07) is 9.94. The fraction of sp³-hybridized carbons (Fsp3) is 0.188. The summed E-state index contributed by atoms with van der Waals surface area (Å²) in [7, 11) is 0. The highest BCUT2D eigenvalue weighted by molar-refractivity contribution is 7.99. The summed E-state index contributed by atoms with van der Waals surface area (Å²) in [5, 5.41) is 12.5. The molecule has 2 aromatic heterocycles. The van der Waals surface area contributed by atoms with E-state index in [1.807, 2.05) is 49.6 Å². The standard InChI is InChI=1S/C16H16N4OS2/c1-10-5-6-11(2)12(8-10)17-14(21)9-23-16-18-15(19-20-16)13-4-3-7-22-13/h3-8H,9H2,1-2H3,(H,17,21)(H,18,19,20). The highest BCUT2D eigenvalue weighted by Crippen LogP contribution is 2.23. The number of aryl methyl sites for hydroxylation is 2. The zero-order valence-electron chi connectivity index (χ0n) is 12.8. The fourth-order valence-corrected chi connectivity index (χ4v) is 3.28. The van der Waals surface area contributed by atoms with Gasteiger partial charge in [0.1, 0.15) is 0 Å². The molecule has 2 N–H and O–H groups in total. The molecular weight excluding hydrogens is 328 g/mol. The van der Waals surface area contributed by atoms with Crippen LogP contribution in [0, 0.1) is 13.8 Å². The third-order valence-electron chi connectivity index (χ3n) is 3.22. The molecule has 0 aliphatic heterocycles. The third kappa shape index (κ3) is 4.00. The van der Waals surface area contributed by atoms with E-state index < -0.39 is 0 Å². The average molecular weight is 344 g/mol. The number of H-pyrrole nitrogens is 1. The first-order valence-corrected chi connectivity index (χ1v) is 8.94. The van der Waals surface area contributed by atoms with Crippen molar-refractivity contribution in [1.82, 2.24) is 15.2 Å². The lowest BCUT2D eigenvalue weighted by Crippen LogP contribution is -2.15. The van der Waals surface area contributed by atoms with Crippen molar-refractivity contribution >= 4 is 34.7 Å². The molecule has 3 rings (SSSR count). The maximum atomic E-state index is 12.1. The van der Waals surface area contributed by atoms with Gasteiger partial charge >= 0.3 is 0 Å². The number of thiophene rings is 1. The van der Waals surface area contributed by atoms with E-state index in [1.165, 1.54) is 11.8 Å². The van der Waals surface area contributed by atoms with E-state index in [1.54, 1.807) is 11.3 Å². The number of carbonyl (C=O) groups is 1. The number of rotatable bonds is 5. The van der Waals surface area contributed by atoms with Crippen LogP contribution in [-0.4, -0.2) is 26.8 Å². The largest absolute Gasteiger partial charge is 0.325 e. The van der Waals surface area contributed by atoms with Crippen LogP contribution >= 0.6 is 23.1 Å². The lowest BCUT2D eigenvalue weighted by Gasteiger charge is -2.08. The minimum atomic E-state index is -0.0637. The van der Waals surface area contributed by atoms with Gasteiger partial charge in [0.15, 0.2) is 5.82 Å². The number of nitrogens with one attached hydrogen (secondary N) is 2. The van der Waals surface area contributed by atoms with E-state index in [4.69, 9.17) is 0 Å². The molecule has 0 saturated carbocycles. The van der Waals surface area contributed by atoms with Crippen LogP contribution in [-0.2, 0) is 4.79 Å². The van der Waals surface area contributed by atoms with Gasteiger partial charge in [0.05, 0.1) is 10.6 Å². The highest BCUT2D eigenvalue weighted by atomic mass is 32.2. The number of aromatic amines is 1. The fourth-order valence-electron chi connectivity index (χ4n) is 2.02. The Morgan fingerprint density at radius 2 is 2.22 bits per heavy atom. The second-order valence-electron chi connectivity index (χ2n) is 5.10. The number of nitrogens with zero attached hydrogens (tertiary/aromatic N) is 2. The van der Waals surface area contributed by atoms with Gasteiger partial charge in [-0.05, 0) is 42.5 Å². The van der Waals surface area contributed by atoms with Crippen molar-refractivity contribution < 1.29 is 4.79 Å². The second kappa shape index (κ2) is 6.97. The van der Waals surface area contributed by atoms with E-state index in [9.17, 15) is 4.79 Å². The van der Waals surface area contributed by atoms with Crippen molar-refractivity contribution in [2.45, 2.75) is 19.0 Å². The van der Waals surface area contributed by atoms with Crippen LogP contribution < -0.4 is 5.32 Å². The van der Waals surface area contributed by atoms with Crippen LogP contribution in [0.25, 0.3) is 10.7 Å². The van der Waals surface area contributed by atoms with Gasteiger partial charge in [-0.3, -0.25) is 9.89 Å². The van der Waals surface area contributed by atoms with Crippen LogP contribution in [0.15, 0.2) is 40.9 Å². The topological polar surface area (TPSA) is 70.7 Å². The molecule has 5 nitrogen and oxygen atoms in total. The molecule has 118 valence electrons. The summed E-state index contributed by atoms with van der Waals surface area (Å²) in [6.45, 7) is 3.98. The Bertz CT molecular complexity index is 811. The third-order valence-corrected chi connectivity index (χ3v) is 4.94. The highest BCUT2D eigenvalue weighted by Gasteiger charge is 2.10. The number of carbonyl (C=O) groups excluding carboxylic acids is 1. The summed E-state index contributed by atoms with van der Waals surface area (Å²) >= 11 is 2.91. The summed E-state index contributed by atoms with van der Waals surface area (Å²) in [5.41, 5.74) is 3.02. The Labute approximate surface area is 142 Å². The smallest absolute Gasteiger partial charge is 0.234 e. The maximum absolute atomic E-state index is 12.1. The molecule has 0 unspecified atom stereocenters. The van der Waals surface area contributed by atoms with Crippen molar-refractivity contribution in [2.24, 2.45) is 0 Å². The molecule has 0 radical (unpaired) electrons. The molecule has 2 heterocycles. The van der Waals surface area contributed by atoms with Gasteiger partial charge in [0, 0.05) is 5.69 Å². The van der Waals surface area contributed by atoms with Gasteiger partial charge in [-0.1, -0.05) is 30.0 Å². The van der Waals surface area contributed by atoms with Crippen LogP contribution in [0.2, 0.25) is 0 Å². The van der Waals surface area contributed by atoms with Crippen molar-refractivity contribution in [3.05, 3.63) is 46.8 Å². The Morgan fingerprint density at radius 1 is 1.35 bits per heavy atom. The molecule has 0 atom stereocenters. The molecule has 0 spiro atoms. The molecule has 3 aromatic rings. The molecular formula is C16H16N4OS2. The zero-order chi connectivity index (χ0) is 16.2. The molecule has 1 aromatic carbocycles. The van der Waals surface area contributed by atoms with Crippen molar-refractivity contribution in [2.75, 3.05) is 11.1 Å². The lowest BCUT2D eigenvalue weighted by atomic mass is 10.1. The number of thioether (sulfide) groups is 1. The number of amides is 1. The van der Waals surface area contributed by atoms with Crippen LogP contribution in [0.5, 0.6) is 0 Å². The first-order valence-electron chi connectivity index (χ1n) is 7.08. The van der Waals surface area contributed by atoms with Gasteiger partial charge in [-0.2, -0.15) is 0 Å². The second-order valence-corrected chi connectivity index (χ2v) is 6.99. The van der Waals surface area contributed by atoms with E-state index in [2.05, 4.69) is 20.5 Å². The number of hydrogen-bond acceptors (Lipinski definition) is 5. The van der Waals surface area contributed by atoms with E-state index in [0.717, 1.165) is 27.5 Å². The molecule has 0 aliphatic carbocycles. The number of hydrogen-bond donors (Lipinski definition) is 2. The molecule has 0 bridgehead atoms. The Hall–Kier alpha value is -2.12. The van der Waals surface area contributed by atoms with Crippen LogP contribution in [0.1, 0.15) is 11.1 Å². The van der Waals surface area contributed by atoms with Gasteiger partial charge in [0.25, 0.3) is 0 Å². The summed E-state index contributed by atoms with van der Waals surface area (Å²) < 4.78 is 0. The molecule has 0 saturated heterocycles. The maximum Gasteiger partial charge on any atom is 0.234 e. The zero-order valence-corrected chi connectivity index (χ0v) is 14.4. The predicted molar refractivity (Wildman–Crippen MR) is 95.0 cm³/mol. The van der Waals surface area contributed by atoms with Crippen molar-refractivity contribution in [3.8, 4) is 10.7 Å². The molecule has 23 heavy (non-hydrogen) atoms. The SMILES string of the molecule is Cc1ccc(C)c(NC(=O)CSc2n[nH]c(-c3cccs3)n2)c1. The Balaban J connectivity index is 1.58. The van der Waals surface area contributed by atoms with Crippen molar-refractivity contribution in [3.63, 3.8) is 0 Å².